The second-order valence-corrected chi connectivity index (χ2v) is 8.35. The number of imidazole rings is 1. The fourth-order valence-electron chi connectivity index (χ4n) is 4.16. The van der Waals surface area contributed by atoms with Gasteiger partial charge in [-0.25, -0.2) is 14.4 Å². The van der Waals surface area contributed by atoms with Crippen LogP contribution >= 0.6 is 11.6 Å². The van der Waals surface area contributed by atoms with Gasteiger partial charge in [0.1, 0.15) is 11.6 Å². The minimum atomic E-state index is -0.751. The third kappa shape index (κ3) is 3.49. The number of carboxylic acids is 1. The van der Waals surface area contributed by atoms with Gasteiger partial charge in [-0.05, 0) is 67.8 Å². The van der Waals surface area contributed by atoms with Gasteiger partial charge in [0.25, 0.3) is 0 Å². The number of fused-ring (bicyclic) bond motifs is 2. The SMILES string of the molecule is Cc1cc2nc(N3CCC(C(=O)O)CC3)n(-c3ccc4cc(F)ccc4n3)c2cc1Cl. The van der Waals surface area contributed by atoms with E-state index in [1.54, 1.807) is 6.07 Å². The van der Waals surface area contributed by atoms with E-state index in [-0.39, 0.29) is 11.7 Å². The number of pyridine rings is 1. The fraction of sp³-hybridized carbons (Fsp3) is 0.261. The van der Waals surface area contributed by atoms with Crippen molar-refractivity contribution in [2.75, 3.05) is 18.0 Å². The number of rotatable bonds is 3. The summed E-state index contributed by atoms with van der Waals surface area (Å²) in [4.78, 5) is 23.1. The molecule has 8 heteroatoms. The van der Waals surface area contributed by atoms with Crippen molar-refractivity contribution in [1.29, 1.82) is 0 Å². The van der Waals surface area contributed by atoms with Crippen molar-refractivity contribution < 1.29 is 14.3 Å². The third-order valence-corrected chi connectivity index (χ3v) is 6.32. The molecule has 0 spiro atoms. The van der Waals surface area contributed by atoms with Crippen LogP contribution in [-0.2, 0) is 4.79 Å². The molecule has 0 unspecified atom stereocenters. The summed E-state index contributed by atoms with van der Waals surface area (Å²) >= 11 is 6.43. The summed E-state index contributed by atoms with van der Waals surface area (Å²) in [6.07, 6.45) is 1.12. The molecule has 1 N–H and O–H groups in total. The van der Waals surface area contributed by atoms with Gasteiger partial charge in [0, 0.05) is 23.5 Å². The van der Waals surface area contributed by atoms with Crippen LogP contribution in [0.3, 0.4) is 0 Å². The first-order chi connectivity index (χ1) is 14.9. The number of aromatic nitrogens is 3. The number of aryl methyl sites for hydroxylation is 1. The van der Waals surface area contributed by atoms with E-state index in [0.717, 1.165) is 16.6 Å². The summed E-state index contributed by atoms with van der Waals surface area (Å²) in [5, 5.41) is 10.7. The van der Waals surface area contributed by atoms with Crippen molar-refractivity contribution in [3.05, 3.63) is 58.9 Å². The number of carbonyl (C=O) groups is 1. The van der Waals surface area contributed by atoms with E-state index in [0.29, 0.717) is 53.6 Å². The molecule has 1 aliphatic rings. The lowest BCUT2D eigenvalue weighted by Gasteiger charge is -2.31. The topological polar surface area (TPSA) is 71.2 Å². The van der Waals surface area contributed by atoms with E-state index in [4.69, 9.17) is 21.6 Å². The van der Waals surface area contributed by atoms with E-state index >= 15 is 0 Å². The summed E-state index contributed by atoms with van der Waals surface area (Å²) in [6, 6.07) is 12.0. The summed E-state index contributed by atoms with van der Waals surface area (Å²) in [7, 11) is 0. The molecule has 0 saturated carbocycles. The maximum atomic E-state index is 13.6. The second kappa shape index (κ2) is 7.50. The molecule has 5 rings (SSSR count). The van der Waals surface area contributed by atoms with Gasteiger partial charge in [-0.1, -0.05) is 11.6 Å². The minimum absolute atomic E-state index is 0.306. The molecule has 1 saturated heterocycles. The number of hydrogen-bond acceptors (Lipinski definition) is 4. The van der Waals surface area contributed by atoms with Crippen molar-refractivity contribution in [1.82, 2.24) is 14.5 Å². The first-order valence-electron chi connectivity index (χ1n) is 10.1. The zero-order chi connectivity index (χ0) is 21.7. The Hall–Kier alpha value is -3.19. The summed E-state index contributed by atoms with van der Waals surface area (Å²) in [5.41, 5.74) is 3.21. The number of aliphatic carboxylic acids is 1. The van der Waals surface area contributed by atoms with Gasteiger partial charge in [-0.15, -0.1) is 0 Å². The van der Waals surface area contributed by atoms with Crippen LogP contribution in [0, 0.1) is 18.7 Å². The zero-order valence-corrected chi connectivity index (χ0v) is 17.6. The van der Waals surface area contributed by atoms with Gasteiger partial charge in [0.15, 0.2) is 0 Å². The number of carboxylic acid groups (broad SMARTS) is 1. The van der Waals surface area contributed by atoms with Crippen LogP contribution in [-0.4, -0.2) is 38.7 Å². The third-order valence-electron chi connectivity index (χ3n) is 5.91. The van der Waals surface area contributed by atoms with Gasteiger partial charge in [0.05, 0.1) is 22.5 Å². The Bertz CT molecular complexity index is 1330. The highest BCUT2D eigenvalue weighted by Crippen LogP contribution is 2.33. The maximum Gasteiger partial charge on any atom is 0.306 e. The number of piperidine rings is 1. The Kier molecular flexibility index (Phi) is 4.78. The van der Waals surface area contributed by atoms with Crippen LogP contribution in [0.25, 0.3) is 27.8 Å². The van der Waals surface area contributed by atoms with Gasteiger partial charge < -0.3 is 10.0 Å². The smallest absolute Gasteiger partial charge is 0.306 e. The Morgan fingerprint density at radius 2 is 1.87 bits per heavy atom. The second-order valence-electron chi connectivity index (χ2n) is 7.94. The van der Waals surface area contributed by atoms with Crippen molar-refractivity contribution >= 4 is 45.5 Å². The molecule has 3 heterocycles. The van der Waals surface area contributed by atoms with Gasteiger partial charge in [0.2, 0.25) is 5.95 Å². The molecule has 2 aromatic heterocycles. The van der Waals surface area contributed by atoms with Crippen molar-refractivity contribution in [3.8, 4) is 5.82 Å². The lowest BCUT2D eigenvalue weighted by molar-refractivity contribution is -0.142. The van der Waals surface area contributed by atoms with Crippen LogP contribution < -0.4 is 4.90 Å². The van der Waals surface area contributed by atoms with Gasteiger partial charge in [-0.3, -0.25) is 9.36 Å². The zero-order valence-electron chi connectivity index (χ0n) is 16.8. The molecule has 4 aromatic rings. The number of benzene rings is 2. The van der Waals surface area contributed by atoms with E-state index in [2.05, 4.69) is 4.90 Å². The molecule has 0 bridgehead atoms. The largest absolute Gasteiger partial charge is 0.481 e. The first kappa shape index (κ1) is 19.8. The van der Waals surface area contributed by atoms with E-state index in [9.17, 15) is 14.3 Å². The lowest BCUT2D eigenvalue weighted by atomic mass is 9.97. The van der Waals surface area contributed by atoms with Crippen molar-refractivity contribution in [2.45, 2.75) is 19.8 Å². The van der Waals surface area contributed by atoms with E-state index in [1.165, 1.54) is 12.1 Å². The van der Waals surface area contributed by atoms with Crippen LogP contribution in [0.5, 0.6) is 0 Å². The van der Waals surface area contributed by atoms with E-state index in [1.807, 2.05) is 35.8 Å². The molecule has 0 aliphatic carbocycles. The Morgan fingerprint density at radius 3 is 2.61 bits per heavy atom. The Morgan fingerprint density at radius 1 is 1.10 bits per heavy atom. The molecular weight excluding hydrogens is 419 g/mol. The predicted molar refractivity (Wildman–Crippen MR) is 119 cm³/mol. The molecular formula is C23H20ClFN4O2. The Labute approximate surface area is 182 Å². The van der Waals surface area contributed by atoms with Crippen LogP contribution in [0.2, 0.25) is 5.02 Å². The maximum absolute atomic E-state index is 13.6. The average molecular weight is 439 g/mol. The molecule has 158 valence electrons. The first-order valence-corrected chi connectivity index (χ1v) is 10.5. The lowest BCUT2D eigenvalue weighted by Crippen LogP contribution is -2.37. The summed E-state index contributed by atoms with van der Waals surface area (Å²) in [5.74, 6) is -0.0378. The highest BCUT2D eigenvalue weighted by molar-refractivity contribution is 6.32. The molecule has 2 aromatic carbocycles. The molecule has 0 radical (unpaired) electrons. The monoisotopic (exact) mass is 438 g/mol. The fourth-order valence-corrected chi connectivity index (χ4v) is 4.32. The number of nitrogens with zero attached hydrogens (tertiary/aromatic N) is 4. The standard InChI is InChI=1S/C23H20ClFN4O2/c1-13-10-19-20(12-17(13)24)29(21-5-2-15-11-16(25)3-4-18(15)26-21)23(27-19)28-8-6-14(7-9-28)22(30)31/h2-5,10-12,14H,6-9H2,1H3,(H,30,31). The molecule has 31 heavy (non-hydrogen) atoms. The van der Waals surface area contributed by atoms with Gasteiger partial charge in [-0.2, -0.15) is 0 Å². The molecule has 0 atom stereocenters. The highest BCUT2D eigenvalue weighted by Gasteiger charge is 2.28. The average Bonchev–Trinajstić information content (AvgIpc) is 3.12. The number of anilines is 1. The van der Waals surface area contributed by atoms with Crippen LogP contribution in [0.1, 0.15) is 18.4 Å². The van der Waals surface area contributed by atoms with Crippen molar-refractivity contribution in [3.63, 3.8) is 0 Å². The molecule has 6 nitrogen and oxygen atoms in total. The van der Waals surface area contributed by atoms with Crippen LogP contribution in [0.4, 0.5) is 10.3 Å². The van der Waals surface area contributed by atoms with Crippen LogP contribution in [0.15, 0.2) is 42.5 Å². The van der Waals surface area contributed by atoms with Gasteiger partial charge >= 0.3 is 5.97 Å². The Balaban J connectivity index is 1.67. The summed E-state index contributed by atoms with van der Waals surface area (Å²) in [6.45, 7) is 3.11. The molecule has 1 fully saturated rings. The van der Waals surface area contributed by atoms with Crippen molar-refractivity contribution in [2.24, 2.45) is 5.92 Å². The number of halogens is 2. The molecule has 1 aliphatic heterocycles. The normalized spacial score (nSPS) is 15.1. The predicted octanol–water partition coefficient (Wildman–Crippen LogP) is 4.98. The minimum Gasteiger partial charge on any atom is -0.481 e. The summed E-state index contributed by atoms with van der Waals surface area (Å²) < 4.78 is 15.5. The number of hydrogen-bond donors (Lipinski definition) is 1. The van der Waals surface area contributed by atoms with E-state index < -0.39 is 5.97 Å². The quantitative estimate of drug-likeness (QED) is 0.488. The molecule has 0 amide bonds. The highest BCUT2D eigenvalue weighted by atomic mass is 35.5.